The van der Waals surface area contributed by atoms with Gasteiger partial charge in [0.15, 0.2) is 0 Å². The van der Waals surface area contributed by atoms with Crippen molar-refractivity contribution in [3.8, 4) is 0 Å². The van der Waals surface area contributed by atoms with Gasteiger partial charge in [-0.2, -0.15) is 10.2 Å². The molecule has 1 atom stereocenters. The van der Waals surface area contributed by atoms with E-state index in [9.17, 15) is 0 Å². The smallest absolute Gasteiger partial charge is 0.0917 e. The van der Waals surface area contributed by atoms with E-state index in [0.29, 0.717) is 6.04 Å². The molecule has 1 heterocycles. The fourth-order valence-corrected chi connectivity index (χ4v) is 3.75. The van der Waals surface area contributed by atoms with E-state index >= 15 is 0 Å². The lowest BCUT2D eigenvalue weighted by molar-refractivity contribution is 0.547. The van der Waals surface area contributed by atoms with Gasteiger partial charge in [0.2, 0.25) is 0 Å². The van der Waals surface area contributed by atoms with Gasteiger partial charge in [0, 0.05) is 0 Å². The van der Waals surface area contributed by atoms with Crippen molar-refractivity contribution >= 4 is 0 Å². The van der Waals surface area contributed by atoms with Crippen molar-refractivity contribution in [1.82, 2.24) is 0 Å². The Morgan fingerprint density at radius 2 is 1.32 bits per heavy atom. The summed E-state index contributed by atoms with van der Waals surface area (Å²) in [6.07, 6.45) is 24.2. The average molecular weight is 305 g/mol. The van der Waals surface area contributed by atoms with Gasteiger partial charge in [0.1, 0.15) is 0 Å². The van der Waals surface area contributed by atoms with Crippen LogP contribution in [0.3, 0.4) is 0 Å². The Hall–Kier alpha value is -0.660. The molecule has 0 saturated carbocycles. The number of allylic oxidation sites excluding steroid dienone is 1. The third-order valence-electron chi connectivity index (χ3n) is 5.21. The molecule has 1 unspecified atom stereocenters. The van der Waals surface area contributed by atoms with E-state index in [2.05, 4.69) is 11.2 Å². The van der Waals surface area contributed by atoms with Crippen molar-refractivity contribution in [1.29, 1.82) is 0 Å². The molecule has 0 bridgehead atoms. The lowest BCUT2D eigenvalue weighted by atomic mass is 9.95. The highest BCUT2D eigenvalue weighted by Crippen LogP contribution is 2.25. The molecule has 22 heavy (non-hydrogen) atoms. The van der Waals surface area contributed by atoms with Crippen LogP contribution in [0, 0.1) is 0 Å². The highest BCUT2D eigenvalue weighted by atomic mass is 15.1. The molecule has 0 aromatic carbocycles. The summed E-state index contributed by atoms with van der Waals surface area (Å²) >= 11 is 0. The van der Waals surface area contributed by atoms with Gasteiger partial charge in [0.25, 0.3) is 0 Å². The summed E-state index contributed by atoms with van der Waals surface area (Å²) in [6.45, 7) is 0.948. The Morgan fingerprint density at radius 1 is 0.682 bits per heavy atom. The zero-order valence-electron chi connectivity index (χ0n) is 14.6. The molecule has 2 heteroatoms. The lowest BCUT2D eigenvalue weighted by Gasteiger charge is -2.16. The van der Waals surface area contributed by atoms with Crippen molar-refractivity contribution in [3.05, 3.63) is 11.6 Å². The minimum Gasteiger partial charge on any atom is -0.194 e. The number of hydrogen-bond acceptors (Lipinski definition) is 2. The standard InChI is InChI=1S/C20H36N2/c1-2-4-8-12-16-19(15-11-7-3-1)20-17-13-9-5-6-10-14-18-21-22-20/h15,20H,1-14,16-18H2/b19-15+,22-21+. The summed E-state index contributed by atoms with van der Waals surface area (Å²) in [5.74, 6) is 0. The van der Waals surface area contributed by atoms with E-state index in [1.807, 2.05) is 0 Å². The molecule has 0 radical (unpaired) electrons. The van der Waals surface area contributed by atoms with Crippen molar-refractivity contribution in [3.63, 3.8) is 0 Å². The number of nitrogens with zero attached hydrogens (tertiary/aromatic N) is 2. The fraction of sp³-hybridized carbons (Fsp3) is 0.900. The molecular weight excluding hydrogens is 268 g/mol. The van der Waals surface area contributed by atoms with E-state index in [4.69, 9.17) is 5.11 Å². The van der Waals surface area contributed by atoms with Gasteiger partial charge in [-0.3, -0.25) is 0 Å². The monoisotopic (exact) mass is 304 g/mol. The molecule has 2 aliphatic rings. The van der Waals surface area contributed by atoms with E-state index in [1.165, 1.54) is 103 Å². The summed E-state index contributed by atoms with van der Waals surface area (Å²) < 4.78 is 0. The average Bonchev–Trinajstić information content (AvgIpc) is 2.64. The van der Waals surface area contributed by atoms with Crippen LogP contribution in [0.15, 0.2) is 21.9 Å². The molecule has 2 rings (SSSR count). The second-order valence-corrected chi connectivity index (χ2v) is 7.20. The van der Waals surface area contributed by atoms with Crippen LogP contribution in [0.4, 0.5) is 0 Å². The first kappa shape index (κ1) is 17.7. The third kappa shape index (κ3) is 7.56. The summed E-state index contributed by atoms with van der Waals surface area (Å²) in [5.41, 5.74) is 1.62. The molecule has 0 fully saturated rings. The zero-order valence-corrected chi connectivity index (χ0v) is 14.6. The molecule has 0 aromatic heterocycles. The summed E-state index contributed by atoms with van der Waals surface area (Å²) in [4.78, 5) is 0. The number of rotatable bonds is 1. The quantitative estimate of drug-likeness (QED) is 0.466. The Bertz CT molecular complexity index is 333. The molecule has 1 aliphatic carbocycles. The van der Waals surface area contributed by atoms with Crippen LogP contribution in [0.5, 0.6) is 0 Å². The SMILES string of the molecule is C1=C(/C2CCCCCCCC/N=N/2)CCCCCCCCC/1. The van der Waals surface area contributed by atoms with Crippen LogP contribution in [-0.4, -0.2) is 12.6 Å². The van der Waals surface area contributed by atoms with Crippen LogP contribution >= 0.6 is 0 Å². The zero-order chi connectivity index (χ0) is 15.3. The molecule has 0 saturated heterocycles. The Balaban J connectivity index is 1.95. The van der Waals surface area contributed by atoms with Crippen LogP contribution in [0.2, 0.25) is 0 Å². The predicted molar refractivity (Wildman–Crippen MR) is 95.5 cm³/mol. The number of hydrogen-bond donors (Lipinski definition) is 0. The first-order valence-electron chi connectivity index (χ1n) is 10.0. The molecule has 0 aromatic rings. The minimum absolute atomic E-state index is 0.402. The minimum atomic E-state index is 0.402. The Kier molecular flexibility index (Phi) is 9.53. The normalized spacial score (nSPS) is 31.1. The van der Waals surface area contributed by atoms with Gasteiger partial charge in [-0.1, -0.05) is 70.3 Å². The van der Waals surface area contributed by atoms with Crippen molar-refractivity contribution in [2.24, 2.45) is 10.2 Å². The summed E-state index contributed by atoms with van der Waals surface area (Å²) in [7, 11) is 0. The van der Waals surface area contributed by atoms with Crippen LogP contribution < -0.4 is 0 Å². The van der Waals surface area contributed by atoms with Crippen molar-refractivity contribution < 1.29 is 0 Å². The van der Waals surface area contributed by atoms with Gasteiger partial charge >= 0.3 is 0 Å². The molecule has 0 N–H and O–H groups in total. The summed E-state index contributed by atoms with van der Waals surface area (Å²) in [5, 5.41) is 9.29. The maximum atomic E-state index is 4.76. The maximum absolute atomic E-state index is 4.76. The van der Waals surface area contributed by atoms with Gasteiger partial charge < -0.3 is 0 Å². The summed E-state index contributed by atoms with van der Waals surface area (Å²) in [6, 6.07) is 0.402. The highest BCUT2D eigenvalue weighted by molar-refractivity contribution is 5.11. The maximum Gasteiger partial charge on any atom is 0.0917 e. The largest absolute Gasteiger partial charge is 0.194 e. The van der Waals surface area contributed by atoms with E-state index in [1.54, 1.807) is 5.57 Å². The molecule has 126 valence electrons. The van der Waals surface area contributed by atoms with Gasteiger partial charge in [-0.25, -0.2) is 0 Å². The van der Waals surface area contributed by atoms with Crippen molar-refractivity contribution in [2.45, 2.75) is 109 Å². The van der Waals surface area contributed by atoms with Gasteiger partial charge in [-0.15, -0.1) is 0 Å². The van der Waals surface area contributed by atoms with Crippen LogP contribution in [0.1, 0.15) is 103 Å². The van der Waals surface area contributed by atoms with Gasteiger partial charge in [0.05, 0.1) is 12.6 Å². The third-order valence-corrected chi connectivity index (χ3v) is 5.21. The van der Waals surface area contributed by atoms with E-state index < -0.39 is 0 Å². The van der Waals surface area contributed by atoms with Crippen LogP contribution in [-0.2, 0) is 0 Å². The fourth-order valence-electron chi connectivity index (χ4n) is 3.75. The number of azo groups is 1. The Labute approximate surface area is 137 Å². The predicted octanol–water partition coefficient (Wildman–Crippen LogP) is 7.00. The molecule has 0 spiro atoms. The van der Waals surface area contributed by atoms with E-state index in [0.717, 1.165) is 6.54 Å². The van der Waals surface area contributed by atoms with Crippen molar-refractivity contribution in [2.75, 3.05) is 6.54 Å². The van der Waals surface area contributed by atoms with Crippen LogP contribution in [0.25, 0.3) is 0 Å². The second-order valence-electron chi connectivity index (χ2n) is 7.20. The van der Waals surface area contributed by atoms with Gasteiger partial charge in [-0.05, 0) is 44.1 Å². The molecule has 1 aliphatic heterocycles. The topological polar surface area (TPSA) is 24.7 Å². The lowest BCUT2D eigenvalue weighted by Crippen LogP contribution is -2.09. The first-order chi connectivity index (χ1) is 11.0. The van der Waals surface area contributed by atoms with E-state index in [-0.39, 0.29) is 0 Å². The highest BCUT2D eigenvalue weighted by Gasteiger charge is 2.14. The molecule has 2 nitrogen and oxygen atoms in total. The molecule has 0 amide bonds. The molecular formula is C20H36N2. The first-order valence-corrected chi connectivity index (χ1v) is 10.0. The Morgan fingerprint density at radius 3 is 2.14 bits per heavy atom. The second kappa shape index (κ2) is 11.8.